The van der Waals surface area contributed by atoms with Crippen LogP contribution in [0.25, 0.3) is 0 Å². The number of halogens is 1. The Labute approximate surface area is 95.5 Å². The highest BCUT2D eigenvalue weighted by Gasteiger charge is 2.07. The van der Waals surface area contributed by atoms with Crippen LogP contribution in [-0.4, -0.2) is 36.1 Å². The van der Waals surface area contributed by atoms with Gasteiger partial charge in [0.1, 0.15) is 6.61 Å². The molecule has 3 nitrogen and oxygen atoms in total. The monoisotopic (exact) mass is 277 g/mol. The highest BCUT2D eigenvalue weighted by molar-refractivity contribution is 9.10. The molecule has 1 N–H and O–H groups in total. The van der Waals surface area contributed by atoms with Crippen molar-refractivity contribution in [3.05, 3.63) is 20.8 Å². The summed E-state index contributed by atoms with van der Waals surface area (Å²) in [6, 6.07) is 2.04. The summed E-state index contributed by atoms with van der Waals surface area (Å²) in [5, 5.41) is 10.6. The summed E-state index contributed by atoms with van der Waals surface area (Å²) in [7, 11) is 1.70. The number of amides is 1. The predicted octanol–water partition coefficient (Wildman–Crippen LogP) is 1.50. The van der Waals surface area contributed by atoms with Gasteiger partial charge in [-0.2, -0.15) is 0 Å². The molecular weight excluding hydrogens is 266 g/mol. The molecule has 1 aromatic heterocycles. The van der Waals surface area contributed by atoms with Crippen LogP contribution in [0.1, 0.15) is 4.88 Å². The number of thiophene rings is 1. The summed E-state index contributed by atoms with van der Waals surface area (Å²) in [6.07, 6.45) is 0.832. The third-order valence-electron chi connectivity index (χ3n) is 1.88. The SMILES string of the molecule is CN(CCc1cc(Br)cs1)C(=O)CO. The molecule has 0 aliphatic heterocycles. The molecule has 0 atom stereocenters. The summed E-state index contributed by atoms with van der Waals surface area (Å²) in [5.41, 5.74) is 0. The number of aliphatic hydroxyl groups excluding tert-OH is 1. The first-order valence-corrected chi connectivity index (χ1v) is 5.88. The number of rotatable bonds is 4. The second-order valence-electron chi connectivity index (χ2n) is 2.95. The van der Waals surface area contributed by atoms with Gasteiger partial charge in [-0.15, -0.1) is 11.3 Å². The molecule has 0 aliphatic carbocycles. The van der Waals surface area contributed by atoms with Gasteiger partial charge in [0.05, 0.1) is 0 Å². The van der Waals surface area contributed by atoms with Crippen molar-refractivity contribution in [3.8, 4) is 0 Å². The Balaban J connectivity index is 2.37. The van der Waals surface area contributed by atoms with Crippen LogP contribution >= 0.6 is 27.3 Å². The summed E-state index contributed by atoms with van der Waals surface area (Å²) in [4.78, 5) is 13.8. The average Bonchev–Trinajstić information content (AvgIpc) is 2.59. The van der Waals surface area contributed by atoms with E-state index in [1.165, 1.54) is 9.78 Å². The van der Waals surface area contributed by atoms with Gasteiger partial charge in [0.15, 0.2) is 0 Å². The van der Waals surface area contributed by atoms with Crippen molar-refractivity contribution < 1.29 is 9.90 Å². The van der Waals surface area contributed by atoms with Crippen molar-refractivity contribution in [1.82, 2.24) is 4.90 Å². The molecule has 78 valence electrons. The number of nitrogens with zero attached hydrogens (tertiary/aromatic N) is 1. The van der Waals surface area contributed by atoms with E-state index in [0.29, 0.717) is 6.54 Å². The lowest BCUT2D eigenvalue weighted by Crippen LogP contribution is -2.30. The van der Waals surface area contributed by atoms with Gasteiger partial charge in [0.2, 0.25) is 5.91 Å². The fourth-order valence-corrected chi connectivity index (χ4v) is 2.45. The van der Waals surface area contributed by atoms with Gasteiger partial charge in [-0.1, -0.05) is 0 Å². The molecule has 5 heteroatoms. The molecule has 0 saturated heterocycles. The minimum absolute atomic E-state index is 0.236. The zero-order valence-corrected chi connectivity index (χ0v) is 10.3. The summed E-state index contributed by atoms with van der Waals surface area (Å²) < 4.78 is 1.08. The Kier molecular flexibility index (Phi) is 4.57. The molecule has 0 saturated carbocycles. The third kappa shape index (κ3) is 3.40. The molecule has 1 heterocycles. The van der Waals surface area contributed by atoms with Crippen molar-refractivity contribution in [2.45, 2.75) is 6.42 Å². The Morgan fingerprint density at radius 2 is 2.43 bits per heavy atom. The van der Waals surface area contributed by atoms with E-state index in [2.05, 4.69) is 15.9 Å². The van der Waals surface area contributed by atoms with Crippen LogP contribution in [0.5, 0.6) is 0 Å². The minimum atomic E-state index is -0.412. The average molecular weight is 278 g/mol. The molecule has 0 aromatic carbocycles. The zero-order valence-electron chi connectivity index (χ0n) is 7.86. The largest absolute Gasteiger partial charge is 0.387 e. The first-order chi connectivity index (χ1) is 6.63. The van der Waals surface area contributed by atoms with E-state index >= 15 is 0 Å². The van der Waals surface area contributed by atoms with Gasteiger partial charge in [0.25, 0.3) is 0 Å². The number of hydrogen-bond donors (Lipinski definition) is 1. The lowest BCUT2D eigenvalue weighted by molar-refractivity contribution is -0.132. The van der Waals surface area contributed by atoms with Crippen LogP contribution in [0.15, 0.2) is 15.9 Å². The topological polar surface area (TPSA) is 40.5 Å². The van der Waals surface area contributed by atoms with E-state index in [1.807, 2.05) is 11.4 Å². The predicted molar refractivity (Wildman–Crippen MR) is 60.4 cm³/mol. The van der Waals surface area contributed by atoms with Crippen molar-refractivity contribution in [1.29, 1.82) is 0 Å². The van der Waals surface area contributed by atoms with Crippen molar-refractivity contribution in [2.24, 2.45) is 0 Å². The molecule has 0 unspecified atom stereocenters. The van der Waals surface area contributed by atoms with Gasteiger partial charge in [-0.25, -0.2) is 0 Å². The number of aliphatic hydroxyl groups is 1. The van der Waals surface area contributed by atoms with Crippen LogP contribution in [0.2, 0.25) is 0 Å². The third-order valence-corrected chi connectivity index (χ3v) is 3.63. The molecule has 14 heavy (non-hydrogen) atoms. The van der Waals surface area contributed by atoms with Crippen LogP contribution in [-0.2, 0) is 11.2 Å². The van der Waals surface area contributed by atoms with Crippen LogP contribution < -0.4 is 0 Å². The maximum atomic E-state index is 11.0. The first kappa shape index (κ1) is 11.7. The van der Waals surface area contributed by atoms with Gasteiger partial charge >= 0.3 is 0 Å². The number of carbonyl (C=O) groups excluding carboxylic acids is 1. The first-order valence-electron chi connectivity index (χ1n) is 4.21. The standard InChI is InChI=1S/C9H12BrNO2S/c1-11(9(13)5-12)3-2-8-4-7(10)6-14-8/h4,6,12H,2-3,5H2,1H3. The molecule has 0 aliphatic rings. The van der Waals surface area contributed by atoms with Gasteiger partial charge in [-0.3, -0.25) is 4.79 Å². The second kappa shape index (κ2) is 5.48. The number of likely N-dealkylation sites (N-methyl/N-ethyl adjacent to an activating group) is 1. The maximum Gasteiger partial charge on any atom is 0.248 e. The maximum absolute atomic E-state index is 11.0. The molecule has 1 amide bonds. The molecule has 0 spiro atoms. The summed E-state index contributed by atoms with van der Waals surface area (Å²) in [6.45, 7) is 0.233. The van der Waals surface area contributed by atoms with Gasteiger partial charge in [-0.05, 0) is 28.4 Å². The fraction of sp³-hybridized carbons (Fsp3) is 0.444. The van der Waals surface area contributed by atoms with Crippen LogP contribution in [0.3, 0.4) is 0 Å². The highest BCUT2D eigenvalue weighted by Crippen LogP contribution is 2.20. The second-order valence-corrected chi connectivity index (χ2v) is 4.87. The van der Waals surface area contributed by atoms with E-state index in [-0.39, 0.29) is 5.91 Å². The van der Waals surface area contributed by atoms with Crippen LogP contribution in [0.4, 0.5) is 0 Å². The van der Waals surface area contributed by atoms with Crippen molar-refractivity contribution in [2.75, 3.05) is 20.2 Å². The Bertz CT molecular complexity index is 314. The molecular formula is C9H12BrNO2S. The lowest BCUT2D eigenvalue weighted by atomic mass is 10.3. The molecule has 0 bridgehead atoms. The lowest BCUT2D eigenvalue weighted by Gasteiger charge is -2.14. The molecule has 0 radical (unpaired) electrons. The van der Waals surface area contributed by atoms with Crippen LogP contribution in [0, 0.1) is 0 Å². The smallest absolute Gasteiger partial charge is 0.248 e. The van der Waals surface area contributed by atoms with E-state index in [4.69, 9.17) is 5.11 Å². The van der Waals surface area contributed by atoms with Gasteiger partial charge in [0, 0.05) is 28.3 Å². The Morgan fingerprint density at radius 1 is 1.71 bits per heavy atom. The Morgan fingerprint density at radius 3 is 2.93 bits per heavy atom. The van der Waals surface area contributed by atoms with Gasteiger partial charge < -0.3 is 10.0 Å². The Hall–Kier alpha value is -0.390. The fourth-order valence-electron chi connectivity index (χ4n) is 1.01. The van der Waals surface area contributed by atoms with E-state index in [0.717, 1.165) is 10.9 Å². The van der Waals surface area contributed by atoms with Crippen molar-refractivity contribution >= 4 is 33.2 Å². The number of carbonyl (C=O) groups is 1. The normalized spacial score (nSPS) is 10.2. The molecule has 0 fully saturated rings. The van der Waals surface area contributed by atoms with E-state index in [9.17, 15) is 4.79 Å². The zero-order chi connectivity index (χ0) is 10.6. The quantitative estimate of drug-likeness (QED) is 0.906. The van der Waals surface area contributed by atoms with E-state index in [1.54, 1.807) is 18.4 Å². The summed E-state index contributed by atoms with van der Waals surface area (Å²) >= 11 is 5.04. The van der Waals surface area contributed by atoms with E-state index < -0.39 is 6.61 Å². The highest BCUT2D eigenvalue weighted by atomic mass is 79.9. The van der Waals surface area contributed by atoms with Crippen molar-refractivity contribution in [3.63, 3.8) is 0 Å². The minimum Gasteiger partial charge on any atom is -0.387 e. The molecule has 1 rings (SSSR count). The number of hydrogen-bond acceptors (Lipinski definition) is 3. The molecule has 1 aromatic rings. The summed E-state index contributed by atoms with van der Waals surface area (Å²) in [5.74, 6) is -0.236.